The Hall–Kier alpha value is -3.49. The maximum atomic E-state index is 14.5. The van der Waals surface area contributed by atoms with Crippen LogP contribution < -0.4 is 0 Å². The quantitative estimate of drug-likeness (QED) is 0.155. The Morgan fingerprint density at radius 2 is 1.55 bits per heavy atom. The van der Waals surface area contributed by atoms with Gasteiger partial charge in [-0.15, -0.1) is 0 Å². The Morgan fingerprint density at radius 1 is 0.855 bits per heavy atom. The normalized spacial score (nSPS) is 35.2. The van der Waals surface area contributed by atoms with E-state index in [9.17, 15) is 24.6 Å². The van der Waals surface area contributed by atoms with Gasteiger partial charge in [-0.25, -0.2) is 4.79 Å². The molecule has 2 aromatic carbocycles. The highest BCUT2D eigenvalue weighted by molar-refractivity contribution is 5.91. The number of carbonyl (C=O) groups is 3. The zero-order chi connectivity index (χ0) is 40.2. The summed E-state index contributed by atoms with van der Waals surface area (Å²) in [5.41, 5.74) is 2.77. The second-order valence-corrected chi connectivity index (χ2v) is 19.3. The molecule has 0 heterocycles. The number of benzene rings is 2. The maximum Gasteiger partial charge on any atom is 0.336 e. The molecule has 8 heteroatoms. The molecule has 300 valence electrons. The molecular weight excluding hydrogens is 693 g/mol. The van der Waals surface area contributed by atoms with E-state index in [4.69, 9.17) is 14.2 Å². The molecule has 0 amide bonds. The van der Waals surface area contributed by atoms with Gasteiger partial charge in [-0.3, -0.25) is 9.59 Å². The van der Waals surface area contributed by atoms with E-state index in [1.165, 1.54) is 6.92 Å². The fourth-order valence-electron chi connectivity index (χ4n) is 12.0. The fourth-order valence-corrected chi connectivity index (χ4v) is 12.0. The summed E-state index contributed by atoms with van der Waals surface area (Å²) in [5, 5.41) is 25.6. The largest absolute Gasteiger partial charge is 0.458 e. The molecular formula is C47H64O8. The van der Waals surface area contributed by atoms with Crippen molar-refractivity contribution in [1.82, 2.24) is 0 Å². The van der Waals surface area contributed by atoms with Gasteiger partial charge in [0.15, 0.2) is 0 Å². The van der Waals surface area contributed by atoms with E-state index in [0.29, 0.717) is 43.6 Å². The molecule has 0 radical (unpaired) electrons. The number of fused-ring (bicyclic) bond motifs is 6. The average molecular weight is 757 g/mol. The molecule has 2 aromatic rings. The summed E-state index contributed by atoms with van der Waals surface area (Å²) in [6.45, 7) is 19.4. The number of aliphatic hydroxyl groups is 2. The molecule has 10 atom stereocenters. The lowest BCUT2D eigenvalue weighted by Crippen LogP contribution is -2.65. The van der Waals surface area contributed by atoms with Crippen LogP contribution in [0.2, 0.25) is 0 Å². The first-order valence-electron chi connectivity index (χ1n) is 20.5. The summed E-state index contributed by atoms with van der Waals surface area (Å²) >= 11 is 0. The van der Waals surface area contributed by atoms with Gasteiger partial charge in [0.25, 0.3) is 0 Å². The van der Waals surface area contributed by atoms with Crippen LogP contribution in [-0.4, -0.2) is 53.2 Å². The minimum atomic E-state index is -0.770. The summed E-state index contributed by atoms with van der Waals surface area (Å²) in [4.78, 5) is 40.0. The van der Waals surface area contributed by atoms with E-state index in [1.54, 1.807) is 20.8 Å². The minimum Gasteiger partial charge on any atom is -0.458 e. The molecule has 4 aliphatic rings. The second kappa shape index (κ2) is 15.1. The number of carbonyl (C=O) groups excluding carboxylic acids is 3. The van der Waals surface area contributed by atoms with E-state index in [0.717, 1.165) is 52.3 Å². The van der Waals surface area contributed by atoms with Crippen LogP contribution in [0.4, 0.5) is 0 Å². The summed E-state index contributed by atoms with van der Waals surface area (Å²) in [6.07, 6.45) is 3.50. The van der Waals surface area contributed by atoms with Crippen molar-refractivity contribution < 1.29 is 38.8 Å². The van der Waals surface area contributed by atoms with Crippen LogP contribution in [0.15, 0.2) is 59.2 Å². The first-order chi connectivity index (χ1) is 25.7. The van der Waals surface area contributed by atoms with Crippen LogP contribution in [-0.2, 0) is 28.6 Å². The Morgan fingerprint density at radius 3 is 2.20 bits per heavy atom. The monoisotopic (exact) mass is 756 g/mol. The Kier molecular flexibility index (Phi) is 11.3. The summed E-state index contributed by atoms with van der Waals surface area (Å²) < 4.78 is 17.4. The average Bonchev–Trinajstić information content (AvgIpc) is 3.38. The van der Waals surface area contributed by atoms with Crippen molar-refractivity contribution in [3.63, 3.8) is 0 Å². The number of ether oxygens (including phenoxy) is 3. The number of hydrogen-bond donors (Lipinski definition) is 2. The lowest BCUT2D eigenvalue weighted by molar-refractivity contribution is -0.234. The molecule has 0 bridgehead atoms. The summed E-state index contributed by atoms with van der Waals surface area (Å²) in [5.74, 6) is -1.34. The smallest absolute Gasteiger partial charge is 0.336 e. The molecule has 0 spiro atoms. The van der Waals surface area contributed by atoms with Crippen LogP contribution >= 0.6 is 0 Å². The van der Waals surface area contributed by atoms with Gasteiger partial charge in [0, 0.05) is 12.5 Å². The van der Waals surface area contributed by atoms with Gasteiger partial charge in [0.1, 0.15) is 6.10 Å². The van der Waals surface area contributed by atoms with E-state index in [1.807, 2.05) is 12.1 Å². The number of hydrogen-bond acceptors (Lipinski definition) is 8. The van der Waals surface area contributed by atoms with Crippen molar-refractivity contribution in [2.24, 2.45) is 45.3 Å². The Balaban J connectivity index is 1.43. The zero-order valence-corrected chi connectivity index (χ0v) is 34.8. The van der Waals surface area contributed by atoms with Crippen LogP contribution in [0.1, 0.15) is 126 Å². The molecule has 6 rings (SSSR count). The number of rotatable bonds is 8. The van der Waals surface area contributed by atoms with Crippen LogP contribution in [0.5, 0.6) is 0 Å². The van der Waals surface area contributed by atoms with E-state index in [2.05, 4.69) is 71.9 Å². The van der Waals surface area contributed by atoms with Gasteiger partial charge in [-0.1, -0.05) is 69.7 Å². The molecule has 0 aromatic heterocycles. The van der Waals surface area contributed by atoms with Crippen LogP contribution in [0.3, 0.4) is 0 Å². The number of allylic oxidation sites excluding steroid dienone is 2. The third-order valence-electron chi connectivity index (χ3n) is 14.9. The predicted octanol–water partition coefficient (Wildman–Crippen LogP) is 9.35. The number of esters is 3. The van der Waals surface area contributed by atoms with E-state index in [-0.39, 0.29) is 34.7 Å². The third kappa shape index (κ3) is 7.31. The van der Waals surface area contributed by atoms with Crippen molar-refractivity contribution in [3.05, 3.63) is 64.7 Å². The van der Waals surface area contributed by atoms with Crippen molar-refractivity contribution in [2.45, 2.75) is 139 Å². The van der Waals surface area contributed by atoms with Gasteiger partial charge in [0.05, 0.1) is 17.6 Å². The summed E-state index contributed by atoms with van der Waals surface area (Å²) in [6, 6.07) is 14.7. The molecule has 4 fully saturated rings. The van der Waals surface area contributed by atoms with Crippen molar-refractivity contribution in [1.29, 1.82) is 0 Å². The predicted molar refractivity (Wildman–Crippen MR) is 214 cm³/mol. The topological polar surface area (TPSA) is 119 Å². The van der Waals surface area contributed by atoms with Gasteiger partial charge in [-0.2, -0.15) is 0 Å². The first kappa shape index (κ1) is 41.2. The SMILES string of the molecule is CC(=O)O[C@H]1C[C@@]2(C)[C@H](C[C@@H](O)[C@@H]3[C@@]4(C)CC[C@@H](O)[C@@H](C)C4CC[C@@]32C)C1=C(CCC(=C(C)C)c1ccc2ccccc2c1)C(=O)OCOC(=O)C(C)(C)C. The Labute approximate surface area is 328 Å². The third-order valence-corrected chi connectivity index (χ3v) is 14.9. The van der Waals surface area contributed by atoms with Gasteiger partial charge < -0.3 is 24.4 Å². The van der Waals surface area contributed by atoms with Crippen molar-refractivity contribution in [2.75, 3.05) is 6.79 Å². The highest BCUT2D eigenvalue weighted by Gasteiger charge is 2.71. The second-order valence-electron chi connectivity index (χ2n) is 19.3. The zero-order valence-electron chi connectivity index (χ0n) is 34.8. The van der Waals surface area contributed by atoms with Gasteiger partial charge in [-0.05, 0) is 159 Å². The maximum absolute atomic E-state index is 14.5. The summed E-state index contributed by atoms with van der Waals surface area (Å²) in [7, 11) is 0. The van der Waals surface area contributed by atoms with Crippen molar-refractivity contribution in [3.8, 4) is 0 Å². The standard InChI is InChI=1S/C47H64O8/c1-27(2)33(32-16-15-30-13-11-12-14-31(30)23-32)17-18-34(42(51)53-26-54-43(52)44(5,6)7)40-36-24-38(50)41-45(8)21-20-37(49)28(3)35(45)19-22-46(41,9)47(36,10)25-39(40)55-29(4)48/h11-16,23,28,35-39,41,49-50H,17-22,24-26H2,1-10H3/t28-,35?,36+,37+,38+,39-,41+,45-,46-,47-/m0/s1. The van der Waals surface area contributed by atoms with Crippen LogP contribution in [0, 0.1) is 45.3 Å². The highest BCUT2D eigenvalue weighted by Crippen LogP contribution is 2.74. The lowest BCUT2D eigenvalue weighted by Gasteiger charge is -2.69. The van der Waals surface area contributed by atoms with Gasteiger partial charge in [0.2, 0.25) is 6.79 Å². The van der Waals surface area contributed by atoms with E-state index < -0.39 is 47.7 Å². The molecule has 0 aliphatic heterocycles. The molecule has 4 aliphatic carbocycles. The fraction of sp³-hybridized carbons (Fsp3) is 0.638. The van der Waals surface area contributed by atoms with Crippen LogP contribution in [0.25, 0.3) is 16.3 Å². The first-order valence-corrected chi connectivity index (χ1v) is 20.5. The number of aliphatic hydroxyl groups excluding tert-OH is 2. The van der Waals surface area contributed by atoms with Crippen molar-refractivity contribution >= 4 is 34.3 Å². The molecule has 8 nitrogen and oxygen atoms in total. The molecule has 55 heavy (non-hydrogen) atoms. The highest BCUT2D eigenvalue weighted by atomic mass is 16.7. The van der Waals surface area contributed by atoms with E-state index >= 15 is 0 Å². The lowest BCUT2D eigenvalue weighted by atomic mass is 9.36. The molecule has 1 unspecified atom stereocenters. The molecule has 0 saturated heterocycles. The molecule has 4 saturated carbocycles. The Bertz CT molecular complexity index is 1880. The molecule has 2 N–H and O–H groups in total. The van der Waals surface area contributed by atoms with Gasteiger partial charge >= 0.3 is 17.9 Å². The minimum absolute atomic E-state index is 0.0235.